The number of aliphatic hydroxyl groups excluding tert-OH is 3. The molecule has 1 fully saturated rings. The first-order valence-corrected chi connectivity index (χ1v) is 9.68. The molecule has 1 aliphatic heterocycles. The third kappa shape index (κ3) is 9.48. The zero-order valence-electron chi connectivity index (χ0n) is 15.7. The zero-order chi connectivity index (χ0) is 19.4. The third-order valence-corrected chi connectivity index (χ3v) is 4.55. The van der Waals surface area contributed by atoms with Crippen molar-refractivity contribution in [1.29, 1.82) is 0 Å². The summed E-state index contributed by atoms with van der Waals surface area (Å²) in [5.74, 6) is -0.882. The van der Waals surface area contributed by atoms with Crippen molar-refractivity contribution in [2.45, 2.75) is 95.2 Å². The van der Waals surface area contributed by atoms with Crippen molar-refractivity contribution >= 4 is 5.97 Å². The van der Waals surface area contributed by atoms with E-state index < -0.39 is 36.5 Å². The number of allylic oxidation sites excluding steroid dienone is 1. The van der Waals surface area contributed by atoms with Gasteiger partial charge < -0.3 is 25.2 Å². The second-order valence-electron chi connectivity index (χ2n) is 6.95. The average Bonchev–Trinajstić information content (AvgIpc) is 2.96. The van der Waals surface area contributed by atoms with Crippen molar-refractivity contribution in [3.8, 4) is 0 Å². The fourth-order valence-corrected chi connectivity index (χ4v) is 2.96. The lowest BCUT2D eigenvalue weighted by molar-refractivity contribution is -0.137. The molecule has 5 atom stereocenters. The van der Waals surface area contributed by atoms with E-state index in [4.69, 9.17) is 9.84 Å². The fraction of sp³-hybridized carbons (Fsp3) is 0.750. The SMILES string of the molecule is CCCCC/C=C\C[C@H](O)[C@H]1C[C@H](O)[C@H](/C=C/[C@H](O)CCCC(=O)O)O1. The van der Waals surface area contributed by atoms with Gasteiger partial charge in [0.2, 0.25) is 0 Å². The Morgan fingerprint density at radius 1 is 1.23 bits per heavy atom. The predicted molar refractivity (Wildman–Crippen MR) is 99.8 cm³/mol. The lowest BCUT2D eigenvalue weighted by Gasteiger charge is -2.16. The van der Waals surface area contributed by atoms with E-state index in [2.05, 4.69) is 13.0 Å². The first-order valence-electron chi connectivity index (χ1n) is 9.68. The van der Waals surface area contributed by atoms with Crippen LogP contribution in [-0.2, 0) is 9.53 Å². The van der Waals surface area contributed by atoms with Gasteiger partial charge in [-0.05, 0) is 32.1 Å². The third-order valence-electron chi connectivity index (χ3n) is 4.55. The largest absolute Gasteiger partial charge is 0.481 e. The highest BCUT2D eigenvalue weighted by Gasteiger charge is 2.35. The topological polar surface area (TPSA) is 107 Å². The first-order chi connectivity index (χ1) is 12.4. The van der Waals surface area contributed by atoms with E-state index in [9.17, 15) is 20.1 Å². The van der Waals surface area contributed by atoms with Crippen LogP contribution in [0.5, 0.6) is 0 Å². The summed E-state index contributed by atoms with van der Waals surface area (Å²) in [7, 11) is 0. The maximum Gasteiger partial charge on any atom is 0.303 e. The number of aliphatic carboxylic acids is 1. The van der Waals surface area contributed by atoms with E-state index in [1.165, 1.54) is 18.9 Å². The number of ether oxygens (including phenoxy) is 1. The number of carboxylic acids is 1. The van der Waals surface area contributed by atoms with Crippen LogP contribution in [-0.4, -0.2) is 56.9 Å². The molecule has 0 saturated carbocycles. The van der Waals surface area contributed by atoms with Crippen molar-refractivity contribution in [1.82, 2.24) is 0 Å². The lowest BCUT2D eigenvalue weighted by Crippen LogP contribution is -2.25. The van der Waals surface area contributed by atoms with Crippen molar-refractivity contribution in [2.75, 3.05) is 0 Å². The van der Waals surface area contributed by atoms with Gasteiger partial charge in [0, 0.05) is 12.8 Å². The summed E-state index contributed by atoms with van der Waals surface area (Å²) in [6, 6.07) is 0. The molecule has 1 rings (SSSR count). The Balaban J connectivity index is 2.32. The Kier molecular flexibility index (Phi) is 11.4. The summed E-state index contributed by atoms with van der Waals surface area (Å²) in [5, 5.41) is 38.7. The van der Waals surface area contributed by atoms with Gasteiger partial charge in [0.25, 0.3) is 0 Å². The molecule has 0 aromatic carbocycles. The summed E-state index contributed by atoms with van der Waals surface area (Å²) in [6.45, 7) is 2.16. The molecule has 26 heavy (non-hydrogen) atoms. The molecular weight excluding hydrogens is 336 g/mol. The molecule has 0 aliphatic carbocycles. The van der Waals surface area contributed by atoms with Gasteiger partial charge in [0.15, 0.2) is 0 Å². The summed E-state index contributed by atoms with van der Waals surface area (Å²) >= 11 is 0. The Bertz CT molecular complexity index is 448. The molecule has 0 unspecified atom stereocenters. The molecule has 0 aromatic rings. The van der Waals surface area contributed by atoms with Crippen LogP contribution in [0, 0.1) is 0 Å². The van der Waals surface area contributed by atoms with E-state index in [1.54, 1.807) is 6.08 Å². The number of carbonyl (C=O) groups is 1. The summed E-state index contributed by atoms with van der Waals surface area (Å²) in [6.07, 6.45) is 10.2. The molecule has 1 heterocycles. The monoisotopic (exact) mass is 370 g/mol. The van der Waals surface area contributed by atoms with Gasteiger partial charge in [-0.15, -0.1) is 0 Å². The number of carboxylic acid groups (broad SMARTS) is 1. The van der Waals surface area contributed by atoms with E-state index in [1.807, 2.05) is 6.08 Å². The molecule has 6 nitrogen and oxygen atoms in total. The van der Waals surface area contributed by atoms with Crippen LogP contribution >= 0.6 is 0 Å². The summed E-state index contributed by atoms with van der Waals surface area (Å²) < 4.78 is 5.70. The maximum absolute atomic E-state index is 10.5. The van der Waals surface area contributed by atoms with E-state index in [-0.39, 0.29) is 6.42 Å². The fourth-order valence-electron chi connectivity index (χ4n) is 2.96. The first kappa shape index (κ1) is 22.8. The van der Waals surface area contributed by atoms with Crippen LogP contribution in [0.15, 0.2) is 24.3 Å². The highest BCUT2D eigenvalue weighted by molar-refractivity contribution is 5.66. The van der Waals surface area contributed by atoms with E-state index in [0.29, 0.717) is 25.7 Å². The normalized spacial score (nSPS) is 25.9. The molecule has 0 aromatic heterocycles. The molecule has 0 radical (unpaired) electrons. The van der Waals surface area contributed by atoms with Crippen LogP contribution in [0.3, 0.4) is 0 Å². The van der Waals surface area contributed by atoms with Crippen molar-refractivity contribution in [3.63, 3.8) is 0 Å². The van der Waals surface area contributed by atoms with E-state index >= 15 is 0 Å². The summed E-state index contributed by atoms with van der Waals surface area (Å²) in [5.41, 5.74) is 0. The molecule has 0 spiro atoms. The molecule has 6 heteroatoms. The van der Waals surface area contributed by atoms with Gasteiger partial charge in [-0.25, -0.2) is 0 Å². The number of hydrogen-bond acceptors (Lipinski definition) is 5. The van der Waals surface area contributed by atoms with Gasteiger partial charge in [0.1, 0.15) is 6.10 Å². The number of rotatable bonds is 13. The minimum atomic E-state index is -0.882. The van der Waals surface area contributed by atoms with Crippen LogP contribution in [0.25, 0.3) is 0 Å². The second-order valence-corrected chi connectivity index (χ2v) is 6.95. The number of aliphatic hydroxyl groups is 3. The Morgan fingerprint density at radius 2 is 2.00 bits per heavy atom. The molecule has 0 bridgehead atoms. The molecule has 0 amide bonds. The van der Waals surface area contributed by atoms with Crippen molar-refractivity contribution < 1.29 is 30.0 Å². The number of hydrogen-bond donors (Lipinski definition) is 4. The van der Waals surface area contributed by atoms with Gasteiger partial charge in [-0.1, -0.05) is 44.1 Å². The molecule has 1 saturated heterocycles. The van der Waals surface area contributed by atoms with Gasteiger partial charge in [0.05, 0.1) is 24.4 Å². The average molecular weight is 370 g/mol. The van der Waals surface area contributed by atoms with Crippen LogP contribution in [0.2, 0.25) is 0 Å². The Labute approximate surface area is 156 Å². The molecule has 4 N–H and O–H groups in total. The highest BCUT2D eigenvalue weighted by Crippen LogP contribution is 2.25. The minimum absolute atomic E-state index is 0.0215. The lowest BCUT2D eigenvalue weighted by atomic mass is 10.0. The molecule has 1 aliphatic rings. The maximum atomic E-state index is 10.5. The standard InChI is InChI=1S/C20H34O6/c1-2-3-4-5-6-7-10-16(22)19-14-17(23)18(26-19)13-12-15(21)9-8-11-20(24)25/h6-7,12-13,15-19,21-23H,2-5,8-11,14H2,1H3,(H,24,25)/b7-6-,13-12+/t15-,16+,17+,18+,19-/m1/s1. The van der Waals surface area contributed by atoms with Gasteiger partial charge >= 0.3 is 5.97 Å². The van der Waals surface area contributed by atoms with Crippen molar-refractivity contribution in [2.24, 2.45) is 0 Å². The van der Waals surface area contributed by atoms with E-state index in [0.717, 1.165) is 12.8 Å². The minimum Gasteiger partial charge on any atom is -0.481 e. The molecular formula is C20H34O6. The Morgan fingerprint density at radius 3 is 2.69 bits per heavy atom. The highest BCUT2D eigenvalue weighted by atomic mass is 16.5. The Hall–Kier alpha value is -1.21. The van der Waals surface area contributed by atoms with Gasteiger partial charge in [-0.2, -0.15) is 0 Å². The smallest absolute Gasteiger partial charge is 0.303 e. The van der Waals surface area contributed by atoms with Crippen LogP contribution < -0.4 is 0 Å². The van der Waals surface area contributed by atoms with Gasteiger partial charge in [-0.3, -0.25) is 4.79 Å². The molecule has 150 valence electrons. The van der Waals surface area contributed by atoms with Crippen LogP contribution in [0.4, 0.5) is 0 Å². The van der Waals surface area contributed by atoms with Crippen LogP contribution in [0.1, 0.15) is 64.7 Å². The quantitative estimate of drug-likeness (QED) is 0.293. The number of unbranched alkanes of at least 4 members (excludes halogenated alkanes) is 3. The second kappa shape index (κ2) is 13.0. The summed E-state index contributed by atoms with van der Waals surface area (Å²) in [4.78, 5) is 10.5. The zero-order valence-corrected chi connectivity index (χ0v) is 15.7. The van der Waals surface area contributed by atoms with Crippen molar-refractivity contribution in [3.05, 3.63) is 24.3 Å². The predicted octanol–water partition coefficient (Wildman–Crippen LogP) is 2.56.